The molecule has 0 saturated heterocycles. The third kappa shape index (κ3) is 6.75. The van der Waals surface area contributed by atoms with Crippen LogP contribution in [0.5, 0.6) is 0 Å². The lowest BCUT2D eigenvalue weighted by molar-refractivity contribution is -0.139. The lowest BCUT2D eigenvalue weighted by atomic mass is 10.3. The highest BCUT2D eigenvalue weighted by atomic mass is 16.5. The fraction of sp³-hybridized carbons (Fsp3) is 0.400. The molecule has 0 atom stereocenters. The highest BCUT2D eigenvalue weighted by Crippen LogP contribution is 1.92. The maximum atomic E-state index is 10.4. The van der Waals surface area contributed by atoms with Crippen molar-refractivity contribution in [2.75, 3.05) is 13.2 Å². The highest BCUT2D eigenvalue weighted by molar-refractivity contribution is 5.87. The number of unbranched alkanes of at least 4 members (excludes halogenated alkanes) is 1. The number of rotatable bonds is 5. The molecule has 0 aromatic rings. The van der Waals surface area contributed by atoms with Gasteiger partial charge in [0.05, 0.1) is 13.2 Å². The Morgan fingerprint density at radius 3 is 1.57 bits per heavy atom. The molecular formula is C10H10O4. The van der Waals surface area contributed by atoms with Crippen molar-refractivity contribution in [2.24, 2.45) is 0 Å². The van der Waals surface area contributed by atoms with Gasteiger partial charge in [0.2, 0.25) is 0 Å². The molecule has 0 spiro atoms. The Labute approximate surface area is 82.6 Å². The molecule has 0 N–H and O–H groups in total. The summed E-state index contributed by atoms with van der Waals surface area (Å²) >= 11 is 0. The Balaban J connectivity index is 3.24. The van der Waals surface area contributed by atoms with Gasteiger partial charge in [0.15, 0.2) is 0 Å². The fourth-order valence-corrected chi connectivity index (χ4v) is 0.617. The van der Waals surface area contributed by atoms with E-state index < -0.39 is 11.9 Å². The SMILES string of the molecule is C#CC(=O)OCCCCOC(=O)C#C. The van der Waals surface area contributed by atoms with Crippen LogP contribution in [0, 0.1) is 24.7 Å². The molecule has 0 rings (SSSR count). The molecule has 4 nitrogen and oxygen atoms in total. The van der Waals surface area contributed by atoms with Crippen molar-refractivity contribution in [2.45, 2.75) is 12.8 Å². The van der Waals surface area contributed by atoms with Gasteiger partial charge in [-0.15, -0.1) is 12.8 Å². The van der Waals surface area contributed by atoms with Crippen LogP contribution >= 0.6 is 0 Å². The molecule has 0 aromatic heterocycles. The zero-order chi connectivity index (χ0) is 10.8. The van der Waals surface area contributed by atoms with E-state index in [1.165, 1.54) is 0 Å². The summed E-state index contributed by atoms with van der Waals surface area (Å²) in [6, 6.07) is 0. The molecule has 0 bridgehead atoms. The first-order chi connectivity index (χ1) is 6.70. The van der Waals surface area contributed by atoms with E-state index in [2.05, 4.69) is 9.47 Å². The van der Waals surface area contributed by atoms with Gasteiger partial charge in [0, 0.05) is 11.8 Å². The van der Waals surface area contributed by atoms with Crippen LogP contribution in [-0.4, -0.2) is 25.2 Å². The number of hydrogen-bond acceptors (Lipinski definition) is 4. The minimum absolute atomic E-state index is 0.219. The van der Waals surface area contributed by atoms with E-state index in [0.717, 1.165) is 0 Å². The van der Waals surface area contributed by atoms with E-state index in [-0.39, 0.29) is 13.2 Å². The first-order valence-corrected chi connectivity index (χ1v) is 3.97. The Hall–Kier alpha value is -1.94. The topological polar surface area (TPSA) is 52.6 Å². The van der Waals surface area contributed by atoms with Gasteiger partial charge in [0.1, 0.15) is 0 Å². The zero-order valence-corrected chi connectivity index (χ0v) is 7.62. The van der Waals surface area contributed by atoms with Gasteiger partial charge >= 0.3 is 11.9 Å². The minimum Gasteiger partial charge on any atom is -0.456 e. The average Bonchev–Trinajstić information content (AvgIpc) is 2.22. The number of hydrogen-bond donors (Lipinski definition) is 0. The Kier molecular flexibility index (Phi) is 6.63. The van der Waals surface area contributed by atoms with Gasteiger partial charge in [-0.3, -0.25) is 0 Å². The smallest absolute Gasteiger partial charge is 0.384 e. The molecule has 0 aromatic carbocycles. The number of esters is 2. The summed E-state index contributed by atoms with van der Waals surface area (Å²) in [7, 11) is 0. The van der Waals surface area contributed by atoms with Gasteiger partial charge in [-0.25, -0.2) is 9.59 Å². The largest absolute Gasteiger partial charge is 0.456 e. The molecule has 0 unspecified atom stereocenters. The van der Waals surface area contributed by atoms with Crippen LogP contribution in [0.2, 0.25) is 0 Å². The average molecular weight is 194 g/mol. The normalized spacial score (nSPS) is 8.14. The zero-order valence-electron chi connectivity index (χ0n) is 7.62. The van der Waals surface area contributed by atoms with Crippen LogP contribution < -0.4 is 0 Å². The second kappa shape index (κ2) is 7.70. The molecule has 14 heavy (non-hydrogen) atoms. The summed E-state index contributed by atoms with van der Waals surface area (Å²) < 4.78 is 9.14. The second-order valence-corrected chi connectivity index (χ2v) is 2.27. The van der Waals surface area contributed by atoms with Crippen molar-refractivity contribution in [1.82, 2.24) is 0 Å². The van der Waals surface area contributed by atoms with Crippen molar-refractivity contribution >= 4 is 11.9 Å². The lowest BCUT2D eigenvalue weighted by Gasteiger charge is -2.01. The predicted molar refractivity (Wildman–Crippen MR) is 48.8 cm³/mol. The van der Waals surface area contributed by atoms with Gasteiger partial charge in [-0.1, -0.05) is 0 Å². The van der Waals surface area contributed by atoms with Gasteiger partial charge < -0.3 is 9.47 Å². The van der Waals surface area contributed by atoms with E-state index in [1.54, 1.807) is 0 Å². The van der Waals surface area contributed by atoms with Crippen molar-refractivity contribution in [1.29, 1.82) is 0 Å². The molecular weight excluding hydrogens is 184 g/mol. The van der Waals surface area contributed by atoms with Crippen LogP contribution in [0.15, 0.2) is 0 Å². The van der Waals surface area contributed by atoms with Crippen molar-refractivity contribution in [3.05, 3.63) is 0 Å². The van der Waals surface area contributed by atoms with E-state index in [4.69, 9.17) is 12.8 Å². The van der Waals surface area contributed by atoms with E-state index in [0.29, 0.717) is 12.8 Å². The summed E-state index contributed by atoms with van der Waals surface area (Å²) in [5.74, 6) is 2.24. The summed E-state index contributed by atoms with van der Waals surface area (Å²) in [6.07, 6.45) is 10.7. The monoisotopic (exact) mass is 194 g/mol. The molecule has 0 aliphatic rings. The third-order valence-corrected chi connectivity index (χ3v) is 1.24. The first kappa shape index (κ1) is 12.1. The van der Waals surface area contributed by atoms with Crippen LogP contribution in [0.1, 0.15) is 12.8 Å². The van der Waals surface area contributed by atoms with Crippen LogP contribution in [0.3, 0.4) is 0 Å². The highest BCUT2D eigenvalue weighted by Gasteiger charge is 1.97. The quantitative estimate of drug-likeness (QED) is 0.270. The van der Waals surface area contributed by atoms with Crippen LogP contribution in [-0.2, 0) is 19.1 Å². The molecule has 0 saturated carbocycles. The first-order valence-electron chi connectivity index (χ1n) is 3.97. The fourth-order valence-electron chi connectivity index (χ4n) is 0.617. The molecule has 74 valence electrons. The van der Waals surface area contributed by atoms with Crippen molar-refractivity contribution in [3.63, 3.8) is 0 Å². The van der Waals surface area contributed by atoms with Crippen LogP contribution in [0.4, 0.5) is 0 Å². The lowest BCUT2D eigenvalue weighted by Crippen LogP contribution is -2.06. The van der Waals surface area contributed by atoms with E-state index in [9.17, 15) is 9.59 Å². The van der Waals surface area contributed by atoms with Gasteiger partial charge in [0.25, 0.3) is 0 Å². The Morgan fingerprint density at radius 2 is 1.29 bits per heavy atom. The van der Waals surface area contributed by atoms with Crippen molar-refractivity contribution in [3.8, 4) is 24.7 Å². The predicted octanol–water partition coefficient (Wildman–Crippen LogP) is 0.119. The standard InChI is InChI=1S/C10H10O4/c1-3-9(11)13-7-5-6-8-14-10(12)4-2/h1-2H,5-8H2. The number of ether oxygens (including phenoxy) is 2. The molecule has 0 aliphatic heterocycles. The Morgan fingerprint density at radius 1 is 0.929 bits per heavy atom. The molecule has 0 heterocycles. The summed E-state index contributed by atoms with van der Waals surface area (Å²) in [4.78, 5) is 20.9. The van der Waals surface area contributed by atoms with Gasteiger partial charge in [-0.05, 0) is 12.8 Å². The maximum absolute atomic E-state index is 10.4. The summed E-state index contributed by atoms with van der Waals surface area (Å²) in [6.45, 7) is 0.438. The summed E-state index contributed by atoms with van der Waals surface area (Å²) in [5.41, 5.74) is 0. The molecule has 0 amide bonds. The van der Waals surface area contributed by atoms with Crippen LogP contribution in [0.25, 0.3) is 0 Å². The molecule has 0 aliphatic carbocycles. The van der Waals surface area contributed by atoms with E-state index in [1.807, 2.05) is 11.8 Å². The number of terminal acetylenes is 2. The second-order valence-electron chi connectivity index (χ2n) is 2.27. The molecule has 4 heteroatoms. The number of carbonyl (C=O) groups is 2. The van der Waals surface area contributed by atoms with Crippen molar-refractivity contribution < 1.29 is 19.1 Å². The maximum Gasteiger partial charge on any atom is 0.384 e. The van der Waals surface area contributed by atoms with Gasteiger partial charge in [-0.2, -0.15) is 0 Å². The third-order valence-electron chi connectivity index (χ3n) is 1.24. The molecule has 0 fully saturated rings. The number of carbonyl (C=O) groups excluding carboxylic acids is 2. The molecule has 0 radical (unpaired) electrons. The minimum atomic E-state index is -0.689. The van der Waals surface area contributed by atoms with E-state index >= 15 is 0 Å². The summed E-state index contributed by atoms with van der Waals surface area (Å²) in [5, 5.41) is 0. The Bertz CT molecular complexity index is 249.